The molecule has 2 heterocycles. The van der Waals surface area contributed by atoms with E-state index in [-0.39, 0.29) is 5.69 Å². The van der Waals surface area contributed by atoms with Gasteiger partial charge in [-0.1, -0.05) is 5.16 Å². The third-order valence-electron chi connectivity index (χ3n) is 1.59. The second-order valence-corrected chi connectivity index (χ2v) is 3.86. The summed E-state index contributed by atoms with van der Waals surface area (Å²) in [5.41, 5.74) is -0.0916. The van der Waals surface area contributed by atoms with Crippen LogP contribution in [0.5, 0.6) is 0 Å². The van der Waals surface area contributed by atoms with Crippen molar-refractivity contribution in [1.29, 1.82) is 0 Å². The van der Waals surface area contributed by atoms with Gasteiger partial charge in [0, 0.05) is 12.3 Å². The fraction of sp³-hybridized carbons (Fsp3) is 0.125. The first-order valence-electron chi connectivity index (χ1n) is 3.79. The molecule has 0 aromatic carbocycles. The van der Waals surface area contributed by atoms with E-state index in [1.54, 1.807) is 6.20 Å². The van der Waals surface area contributed by atoms with Crippen LogP contribution in [0.25, 0.3) is 10.6 Å². The molecule has 0 fully saturated rings. The molecule has 0 atom stereocenters. The van der Waals surface area contributed by atoms with Crippen molar-refractivity contribution in [2.24, 2.45) is 0 Å². The predicted octanol–water partition coefficient (Wildman–Crippen LogP) is 1.80. The molecule has 0 amide bonds. The first-order chi connectivity index (χ1) is 6.66. The number of carboxylic acid groups (broad SMARTS) is 1. The maximum atomic E-state index is 10.5. The minimum absolute atomic E-state index is 0.0916. The van der Waals surface area contributed by atoms with Crippen LogP contribution in [0, 0.1) is 6.92 Å². The van der Waals surface area contributed by atoms with Crippen LogP contribution in [0.3, 0.4) is 0 Å². The van der Waals surface area contributed by atoms with Crippen molar-refractivity contribution in [3.8, 4) is 10.6 Å². The number of aryl methyl sites for hydroxylation is 1. The Balaban J connectivity index is 2.38. The van der Waals surface area contributed by atoms with Crippen molar-refractivity contribution in [1.82, 2.24) is 10.1 Å². The Morgan fingerprint density at radius 1 is 1.64 bits per heavy atom. The molecule has 2 rings (SSSR count). The zero-order valence-electron chi connectivity index (χ0n) is 7.22. The van der Waals surface area contributed by atoms with Crippen LogP contribution < -0.4 is 0 Å². The van der Waals surface area contributed by atoms with Gasteiger partial charge >= 0.3 is 5.97 Å². The van der Waals surface area contributed by atoms with E-state index in [1.165, 1.54) is 17.4 Å². The zero-order chi connectivity index (χ0) is 10.1. The zero-order valence-corrected chi connectivity index (χ0v) is 8.04. The van der Waals surface area contributed by atoms with Crippen LogP contribution in [0.1, 0.15) is 15.5 Å². The molecule has 0 aliphatic rings. The van der Waals surface area contributed by atoms with Gasteiger partial charge < -0.3 is 9.63 Å². The molecular formula is C8H6N2O3S. The van der Waals surface area contributed by atoms with Crippen LogP contribution in [-0.2, 0) is 0 Å². The molecule has 0 radical (unpaired) electrons. The smallest absolute Gasteiger partial charge is 0.358 e. The molecule has 2 aromatic heterocycles. The summed E-state index contributed by atoms with van der Waals surface area (Å²) in [7, 11) is 0. The first kappa shape index (κ1) is 8.89. The van der Waals surface area contributed by atoms with Gasteiger partial charge in [-0.05, 0) is 6.92 Å². The highest BCUT2D eigenvalue weighted by atomic mass is 32.1. The Bertz CT molecular complexity index is 474. The lowest BCUT2D eigenvalue weighted by atomic mass is 10.3. The summed E-state index contributed by atoms with van der Waals surface area (Å²) in [6.45, 7) is 1.86. The predicted molar refractivity (Wildman–Crippen MR) is 49.3 cm³/mol. The van der Waals surface area contributed by atoms with Gasteiger partial charge in [-0.25, -0.2) is 9.78 Å². The van der Waals surface area contributed by atoms with E-state index in [4.69, 9.17) is 9.63 Å². The van der Waals surface area contributed by atoms with Crippen LogP contribution in [-0.4, -0.2) is 21.2 Å². The quantitative estimate of drug-likeness (QED) is 0.817. The number of hydrogen-bond acceptors (Lipinski definition) is 5. The summed E-state index contributed by atoms with van der Waals surface area (Å²) >= 11 is 1.43. The Kier molecular flexibility index (Phi) is 2.05. The number of nitrogens with zero attached hydrogens (tertiary/aromatic N) is 2. The molecule has 72 valence electrons. The molecular weight excluding hydrogens is 204 g/mol. The minimum atomic E-state index is -1.10. The van der Waals surface area contributed by atoms with Crippen LogP contribution >= 0.6 is 11.3 Å². The molecule has 0 spiro atoms. The van der Waals surface area contributed by atoms with E-state index in [2.05, 4.69) is 10.1 Å². The number of carbonyl (C=O) groups is 1. The van der Waals surface area contributed by atoms with E-state index in [9.17, 15) is 4.79 Å². The van der Waals surface area contributed by atoms with E-state index in [1.807, 2.05) is 6.92 Å². The number of carboxylic acids is 1. The van der Waals surface area contributed by atoms with E-state index in [0.717, 1.165) is 9.88 Å². The van der Waals surface area contributed by atoms with Gasteiger partial charge in [-0.2, -0.15) is 0 Å². The number of hydrogen-bond donors (Lipinski definition) is 1. The number of aromatic nitrogens is 2. The van der Waals surface area contributed by atoms with E-state index in [0.29, 0.717) is 5.76 Å². The SMILES string of the molecule is Cc1ncc(-c2cc(C(=O)O)no2)s1. The van der Waals surface area contributed by atoms with Crippen LogP contribution in [0.4, 0.5) is 0 Å². The van der Waals surface area contributed by atoms with Gasteiger partial charge in [0.15, 0.2) is 11.5 Å². The molecule has 0 bridgehead atoms. The Morgan fingerprint density at radius 3 is 2.93 bits per heavy atom. The van der Waals surface area contributed by atoms with E-state index >= 15 is 0 Å². The van der Waals surface area contributed by atoms with Crippen molar-refractivity contribution < 1.29 is 14.4 Å². The van der Waals surface area contributed by atoms with Gasteiger partial charge in [-0.3, -0.25) is 0 Å². The molecule has 0 aliphatic carbocycles. The fourth-order valence-corrected chi connectivity index (χ4v) is 1.69. The molecule has 0 saturated carbocycles. The van der Waals surface area contributed by atoms with Gasteiger partial charge in [0.2, 0.25) is 0 Å². The third kappa shape index (κ3) is 1.51. The first-order valence-corrected chi connectivity index (χ1v) is 4.61. The molecule has 0 aliphatic heterocycles. The molecule has 6 heteroatoms. The topological polar surface area (TPSA) is 76.2 Å². The Morgan fingerprint density at radius 2 is 2.43 bits per heavy atom. The van der Waals surface area contributed by atoms with Crippen LogP contribution in [0.2, 0.25) is 0 Å². The lowest BCUT2D eigenvalue weighted by Gasteiger charge is -1.82. The van der Waals surface area contributed by atoms with Crippen molar-refractivity contribution in [2.75, 3.05) is 0 Å². The Hall–Kier alpha value is -1.69. The average molecular weight is 210 g/mol. The molecule has 1 N–H and O–H groups in total. The van der Waals surface area contributed by atoms with Crippen molar-refractivity contribution in [2.45, 2.75) is 6.92 Å². The largest absolute Gasteiger partial charge is 0.476 e. The van der Waals surface area contributed by atoms with Crippen molar-refractivity contribution in [3.63, 3.8) is 0 Å². The summed E-state index contributed by atoms with van der Waals surface area (Å²) in [4.78, 5) is 15.3. The lowest BCUT2D eigenvalue weighted by molar-refractivity contribution is 0.0686. The summed E-state index contributed by atoms with van der Waals surface area (Å²) in [6, 6.07) is 1.38. The second kappa shape index (κ2) is 3.22. The highest BCUT2D eigenvalue weighted by Crippen LogP contribution is 2.26. The summed E-state index contributed by atoms with van der Waals surface area (Å²) in [6.07, 6.45) is 1.63. The fourth-order valence-electron chi connectivity index (χ4n) is 0.967. The molecule has 2 aromatic rings. The monoisotopic (exact) mass is 210 g/mol. The molecule has 5 nitrogen and oxygen atoms in total. The van der Waals surface area contributed by atoms with E-state index < -0.39 is 5.97 Å². The highest BCUT2D eigenvalue weighted by Gasteiger charge is 2.13. The maximum absolute atomic E-state index is 10.5. The van der Waals surface area contributed by atoms with Gasteiger partial charge in [0.1, 0.15) is 0 Å². The normalized spacial score (nSPS) is 10.4. The minimum Gasteiger partial charge on any atom is -0.476 e. The summed E-state index contributed by atoms with van der Waals surface area (Å²) in [5.74, 6) is -0.658. The third-order valence-corrected chi connectivity index (χ3v) is 2.52. The standard InChI is InChI=1S/C8H6N2O3S/c1-4-9-3-7(14-4)6-2-5(8(11)12)10-13-6/h2-3H,1H3,(H,11,12). The molecule has 0 saturated heterocycles. The van der Waals surface area contributed by atoms with Gasteiger partial charge in [0.05, 0.1) is 9.88 Å². The number of thiazole rings is 1. The van der Waals surface area contributed by atoms with Crippen molar-refractivity contribution >= 4 is 17.3 Å². The maximum Gasteiger partial charge on any atom is 0.358 e. The van der Waals surface area contributed by atoms with Crippen molar-refractivity contribution in [3.05, 3.63) is 23.0 Å². The average Bonchev–Trinajstić information content (AvgIpc) is 2.70. The lowest BCUT2D eigenvalue weighted by Crippen LogP contribution is -1.94. The van der Waals surface area contributed by atoms with Gasteiger partial charge in [-0.15, -0.1) is 11.3 Å². The van der Waals surface area contributed by atoms with Crippen LogP contribution in [0.15, 0.2) is 16.8 Å². The Labute approximate surface area is 83.0 Å². The molecule has 0 unspecified atom stereocenters. The number of aromatic carboxylic acids is 1. The summed E-state index contributed by atoms with van der Waals surface area (Å²) in [5, 5.41) is 12.9. The highest BCUT2D eigenvalue weighted by molar-refractivity contribution is 7.15. The number of rotatable bonds is 2. The second-order valence-electron chi connectivity index (χ2n) is 2.63. The molecule has 14 heavy (non-hydrogen) atoms. The van der Waals surface area contributed by atoms with Gasteiger partial charge in [0.25, 0.3) is 0 Å². The summed E-state index contributed by atoms with van der Waals surface area (Å²) < 4.78 is 4.86.